The normalized spacial score (nSPS) is 29.6. The Morgan fingerprint density at radius 2 is 1.80 bits per heavy atom. The summed E-state index contributed by atoms with van der Waals surface area (Å²) in [5, 5.41) is 0. The molecule has 3 aliphatic carbocycles. The molecular formula is C33H51NO. The molecule has 2 fully saturated rings. The number of allylic oxidation sites excluding steroid dienone is 4. The quantitative estimate of drug-likeness (QED) is 0.359. The van der Waals surface area contributed by atoms with E-state index in [4.69, 9.17) is 4.99 Å². The van der Waals surface area contributed by atoms with Crippen LogP contribution in [0.3, 0.4) is 0 Å². The lowest BCUT2D eigenvalue weighted by Crippen LogP contribution is -2.17. The van der Waals surface area contributed by atoms with Crippen molar-refractivity contribution in [1.82, 2.24) is 0 Å². The summed E-state index contributed by atoms with van der Waals surface area (Å²) in [6.07, 6.45) is 25.1. The fourth-order valence-corrected chi connectivity index (χ4v) is 7.30. The van der Waals surface area contributed by atoms with Crippen molar-refractivity contribution in [3.8, 4) is 0 Å². The number of benzene rings is 1. The van der Waals surface area contributed by atoms with Crippen LogP contribution in [0.5, 0.6) is 0 Å². The zero-order chi connectivity index (χ0) is 24.0. The second kappa shape index (κ2) is 11.8. The number of Topliss-reactive ketones (excluding diaryl/α,β-unsaturated/α-hetero) is 1. The Hall–Kier alpha value is -1.96. The van der Waals surface area contributed by atoms with Gasteiger partial charge in [0, 0.05) is 35.0 Å². The van der Waals surface area contributed by atoms with Gasteiger partial charge in [0.15, 0.2) is 0 Å². The number of hydrogen-bond donors (Lipinski definition) is 0. The molecule has 4 unspecified atom stereocenters. The second-order valence-corrected chi connectivity index (χ2v) is 12.1. The van der Waals surface area contributed by atoms with Gasteiger partial charge in [-0.05, 0) is 78.9 Å². The summed E-state index contributed by atoms with van der Waals surface area (Å²) in [5.41, 5.74) is 5.59. The number of carbonyl (C=O) groups excluding carboxylic acids is 1. The molecule has 2 saturated carbocycles. The van der Waals surface area contributed by atoms with Crippen LogP contribution in [0.4, 0.5) is 0 Å². The lowest BCUT2D eigenvalue weighted by Gasteiger charge is -2.31. The van der Waals surface area contributed by atoms with Crippen LogP contribution >= 0.6 is 0 Å². The van der Waals surface area contributed by atoms with Crippen molar-refractivity contribution in [3.05, 3.63) is 58.8 Å². The van der Waals surface area contributed by atoms with Crippen molar-refractivity contribution < 1.29 is 9.07 Å². The molecule has 2 heteroatoms. The summed E-state index contributed by atoms with van der Waals surface area (Å²) in [4.78, 5) is 17.9. The number of nitrogens with zero attached hydrogens (tertiary/aromatic N) is 1. The van der Waals surface area contributed by atoms with Gasteiger partial charge in [0.2, 0.25) is 0 Å². The minimum Gasteiger partial charge on any atom is -0.299 e. The first kappa shape index (κ1) is 24.7. The van der Waals surface area contributed by atoms with E-state index in [2.05, 4.69) is 49.6 Å². The van der Waals surface area contributed by atoms with E-state index in [0.717, 1.165) is 18.8 Å². The first-order valence-electron chi connectivity index (χ1n) is 14.7. The van der Waals surface area contributed by atoms with Crippen LogP contribution in [0, 0.1) is 23.7 Å². The van der Waals surface area contributed by atoms with Crippen LogP contribution in [-0.4, -0.2) is 12.0 Å². The highest BCUT2D eigenvalue weighted by Gasteiger charge is 2.31. The second-order valence-electron chi connectivity index (χ2n) is 12.1. The molecule has 4 atom stereocenters. The lowest BCUT2D eigenvalue weighted by atomic mass is 9.75. The fraction of sp³-hybridized carbons (Fsp3) is 0.636. The Balaban J connectivity index is 0.00000169. The van der Waals surface area contributed by atoms with Crippen LogP contribution in [0.25, 0.3) is 0 Å². The third-order valence-corrected chi connectivity index (χ3v) is 9.27. The van der Waals surface area contributed by atoms with Gasteiger partial charge in [-0.1, -0.05) is 88.3 Å². The van der Waals surface area contributed by atoms with Gasteiger partial charge < -0.3 is 0 Å². The minimum atomic E-state index is 0. The number of rotatable bonds is 7. The molecule has 0 amide bonds. The number of fused-ring (bicyclic) bond motifs is 1. The van der Waals surface area contributed by atoms with Gasteiger partial charge in [-0.3, -0.25) is 9.79 Å². The topological polar surface area (TPSA) is 29.4 Å². The average molecular weight is 478 g/mol. The molecule has 1 aliphatic heterocycles. The Labute approximate surface area is 217 Å². The van der Waals surface area contributed by atoms with Gasteiger partial charge in [0.1, 0.15) is 5.78 Å². The van der Waals surface area contributed by atoms with Crippen molar-refractivity contribution in [3.63, 3.8) is 0 Å². The first-order valence-corrected chi connectivity index (χ1v) is 14.7. The summed E-state index contributed by atoms with van der Waals surface area (Å²) in [6.45, 7) is 2.31. The highest BCUT2D eigenvalue weighted by Crippen LogP contribution is 2.44. The third kappa shape index (κ3) is 6.43. The van der Waals surface area contributed by atoms with Crippen molar-refractivity contribution >= 4 is 12.0 Å². The van der Waals surface area contributed by atoms with Gasteiger partial charge in [0.05, 0.1) is 0 Å². The summed E-state index contributed by atoms with van der Waals surface area (Å²) in [5.74, 6) is 3.62. The maximum absolute atomic E-state index is 12.8. The maximum atomic E-state index is 12.8. The Morgan fingerprint density at radius 1 is 0.971 bits per heavy atom. The lowest BCUT2D eigenvalue weighted by molar-refractivity contribution is -0.118. The van der Waals surface area contributed by atoms with Crippen molar-refractivity contribution in [2.75, 3.05) is 0 Å². The SMILES string of the molecule is CC1C=NC(C2CCCC(c3cccc(CC(=O)CCC4CCCCCC4)c3)C2)=C2C=CCC2C1.[HH].[HH].[HH]. The Morgan fingerprint density at radius 3 is 2.66 bits per heavy atom. The number of aliphatic imine (C=N–C) groups is 1. The van der Waals surface area contributed by atoms with Crippen LogP contribution in [-0.2, 0) is 11.2 Å². The Kier molecular flexibility index (Phi) is 8.37. The van der Waals surface area contributed by atoms with Gasteiger partial charge in [-0.15, -0.1) is 0 Å². The third-order valence-electron chi connectivity index (χ3n) is 9.27. The van der Waals surface area contributed by atoms with E-state index in [1.807, 2.05) is 0 Å². The number of hydrogen-bond acceptors (Lipinski definition) is 2. The predicted molar refractivity (Wildman–Crippen MR) is 153 cm³/mol. The molecule has 0 saturated heterocycles. The van der Waals surface area contributed by atoms with Crippen LogP contribution in [0.15, 0.2) is 52.7 Å². The molecular weight excluding hydrogens is 426 g/mol. The molecule has 1 aromatic rings. The van der Waals surface area contributed by atoms with E-state index in [1.54, 1.807) is 0 Å². The van der Waals surface area contributed by atoms with E-state index in [0.29, 0.717) is 35.9 Å². The summed E-state index contributed by atoms with van der Waals surface area (Å²) < 4.78 is 0. The highest BCUT2D eigenvalue weighted by atomic mass is 16.1. The monoisotopic (exact) mass is 477 g/mol. The molecule has 0 spiro atoms. The molecule has 0 N–H and O–H groups in total. The van der Waals surface area contributed by atoms with E-state index in [1.165, 1.54) is 99.4 Å². The molecule has 194 valence electrons. The van der Waals surface area contributed by atoms with Crippen LogP contribution < -0.4 is 0 Å². The van der Waals surface area contributed by atoms with Crippen molar-refractivity contribution in [2.45, 2.75) is 109 Å². The maximum Gasteiger partial charge on any atom is 0.137 e. The molecule has 0 bridgehead atoms. The van der Waals surface area contributed by atoms with Crippen LogP contribution in [0.2, 0.25) is 0 Å². The molecule has 5 rings (SSSR count). The van der Waals surface area contributed by atoms with E-state index >= 15 is 0 Å². The molecule has 2 nitrogen and oxygen atoms in total. The summed E-state index contributed by atoms with van der Waals surface area (Å²) in [7, 11) is 0. The molecule has 0 radical (unpaired) electrons. The molecule has 35 heavy (non-hydrogen) atoms. The first-order chi connectivity index (χ1) is 17.2. The largest absolute Gasteiger partial charge is 0.299 e. The standard InChI is InChI=1S/C33H45NO.3H2/c1-24-19-29-14-8-16-32(29)33(34-23-24)30-15-7-13-28(22-30)27-12-6-11-26(20-27)21-31(35)18-17-25-9-4-2-3-5-10-25;;;/h6,8,11-12,16,20,23-25,28-30H,2-5,7,9-10,13-15,17-19,21-22H2,1H3;3*1H. The van der Waals surface area contributed by atoms with E-state index < -0.39 is 0 Å². The smallest absolute Gasteiger partial charge is 0.137 e. The Bertz CT molecular complexity index is 976. The highest BCUT2D eigenvalue weighted by molar-refractivity contribution is 5.80. The van der Waals surface area contributed by atoms with E-state index in [-0.39, 0.29) is 4.28 Å². The van der Waals surface area contributed by atoms with Crippen molar-refractivity contribution in [2.24, 2.45) is 28.7 Å². The molecule has 1 aromatic carbocycles. The van der Waals surface area contributed by atoms with Crippen molar-refractivity contribution in [1.29, 1.82) is 0 Å². The van der Waals surface area contributed by atoms with Gasteiger partial charge in [-0.25, -0.2) is 0 Å². The molecule has 4 aliphatic rings. The zero-order valence-corrected chi connectivity index (χ0v) is 21.9. The summed E-state index contributed by atoms with van der Waals surface area (Å²) in [6, 6.07) is 9.02. The predicted octanol–water partition coefficient (Wildman–Crippen LogP) is 9.50. The number of ketones is 1. The average Bonchev–Trinajstić information content (AvgIpc) is 3.07. The fourth-order valence-electron chi connectivity index (χ4n) is 7.30. The molecule has 0 aromatic heterocycles. The van der Waals surface area contributed by atoms with Crippen LogP contribution in [0.1, 0.15) is 118 Å². The van der Waals surface area contributed by atoms with Gasteiger partial charge in [0.25, 0.3) is 0 Å². The van der Waals surface area contributed by atoms with E-state index in [9.17, 15) is 4.79 Å². The number of carbonyl (C=O) groups is 1. The van der Waals surface area contributed by atoms with Gasteiger partial charge in [-0.2, -0.15) is 0 Å². The molecule has 1 heterocycles. The minimum absolute atomic E-state index is 0. The summed E-state index contributed by atoms with van der Waals surface area (Å²) >= 11 is 0. The zero-order valence-electron chi connectivity index (χ0n) is 21.9. The van der Waals surface area contributed by atoms with Gasteiger partial charge >= 0.3 is 0 Å².